The summed E-state index contributed by atoms with van der Waals surface area (Å²) in [5.74, 6) is -1.05. The van der Waals surface area contributed by atoms with Crippen molar-refractivity contribution in [3.05, 3.63) is 22.7 Å². The Morgan fingerprint density at radius 1 is 1.00 bits per heavy atom. The number of ether oxygens (including phenoxy) is 2. The van der Waals surface area contributed by atoms with Crippen LogP contribution in [0.25, 0.3) is 0 Å². The summed E-state index contributed by atoms with van der Waals surface area (Å²) in [5.41, 5.74) is -0.678. The zero-order chi connectivity index (χ0) is 36.4. The lowest BCUT2D eigenvalue weighted by atomic mass is 9.84. The Morgan fingerprint density at radius 2 is 1.68 bits per heavy atom. The highest BCUT2D eigenvalue weighted by Crippen LogP contribution is 2.43. The van der Waals surface area contributed by atoms with Gasteiger partial charge >= 0.3 is 0 Å². The molecular weight excluding hydrogens is 664 g/mol. The van der Waals surface area contributed by atoms with Gasteiger partial charge in [-0.2, -0.15) is 0 Å². The number of hydrogen-bond donors (Lipinski definition) is 2. The minimum atomic E-state index is -1.09. The molecule has 4 atom stereocenters. The molecule has 0 aromatic heterocycles. The number of nitrogens with one attached hydrogen (secondary N) is 2. The van der Waals surface area contributed by atoms with Crippen molar-refractivity contribution in [2.75, 3.05) is 20.8 Å². The number of carbonyl (C=O) groups is 5. The third-order valence-corrected chi connectivity index (χ3v) is 10.8. The average molecular weight is 715 g/mol. The maximum atomic E-state index is 14.6. The number of carbonyl (C=O) groups excluding carboxylic acids is 5. The molecule has 4 aliphatic rings. The van der Waals surface area contributed by atoms with Crippen LogP contribution in [0.5, 0.6) is 11.5 Å². The molecule has 1 saturated heterocycles. The van der Waals surface area contributed by atoms with Crippen LogP contribution in [-0.4, -0.2) is 84.4 Å². The lowest BCUT2D eigenvalue weighted by Crippen LogP contribution is -2.59. The highest BCUT2D eigenvalue weighted by molar-refractivity contribution is 6.38. The van der Waals surface area contributed by atoms with Crippen molar-refractivity contribution in [1.29, 1.82) is 0 Å². The molecular formula is C37H51ClN4O8. The van der Waals surface area contributed by atoms with E-state index in [1.165, 1.54) is 32.5 Å². The summed E-state index contributed by atoms with van der Waals surface area (Å²) >= 11 is 6.47. The third-order valence-electron chi connectivity index (χ3n) is 10.5. The van der Waals surface area contributed by atoms with E-state index in [-0.39, 0.29) is 37.1 Å². The fraction of sp³-hybridized carbons (Fsp3) is 0.676. The Hall–Kier alpha value is -3.67. The van der Waals surface area contributed by atoms with Crippen LogP contribution in [-0.2, 0) is 28.8 Å². The average Bonchev–Trinajstić information content (AvgIpc) is 3.68. The number of rotatable bonds is 13. The van der Waals surface area contributed by atoms with Crippen LogP contribution in [0.4, 0.5) is 0 Å². The Balaban J connectivity index is 1.42. The number of likely N-dealkylation sites (tertiary alicyclic amines) is 1. The first kappa shape index (κ1) is 37.6. The van der Waals surface area contributed by atoms with Gasteiger partial charge in [0.05, 0.1) is 37.5 Å². The van der Waals surface area contributed by atoms with Gasteiger partial charge in [0.25, 0.3) is 0 Å². The maximum Gasteiger partial charge on any atom is 0.246 e. The second kappa shape index (κ2) is 15.3. The molecule has 50 heavy (non-hydrogen) atoms. The number of methoxy groups -OCH3 is 2. The van der Waals surface area contributed by atoms with Crippen molar-refractivity contribution in [3.63, 3.8) is 0 Å². The zero-order valence-corrected chi connectivity index (χ0v) is 30.8. The number of oxime groups is 1. The molecule has 0 bridgehead atoms. The molecule has 0 unspecified atom stereocenters. The lowest BCUT2D eigenvalue weighted by Gasteiger charge is -2.36. The van der Waals surface area contributed by atoms with E-state index in [2.05, 4.69) is 15.8 Å². The third kappa shape index (κ3) is 8.61. The summed E-state index contributed by atoms with van der Waals surface area (Å²) in [6.07, 6.45) is 8.20. The summed E-state index contributed by atoms with van der Waals surface area (Å²) in [5, 5.41) is 10.6. The van der Waals surface area contributed by atoms with Crippen molar-refractivity contribution in [3.8, 4) is 11.5 Å². The normalized spacial score (nSPS) is 23.5. The second-order valence-electron chi connectivity index (χ2n) is 15.6. The SMILES string of the molecule is COc1cc(OC)c(C2=NO[C@]3(C2)C[C@@H](C(=O)N[C@@H](CC2CC2)C(=O)C(C)=O)N(C(=O)[C@@H](NC(=O)CC2CCCCC2)C(C)(C)C)C3)cc1Cl. The Kier molecular flexibility index (Phi) is 11.5. The first-order chi connectivity index (χ1) is 23.6. The predicted molar refractivity (Wildman–Crippen MR) is 187 cm³/mol. The van der Waals surface area contributed by atoms with E-state index < -0.39 is 52.5 Å². The smallest absolute Gasteiger partial charge is 0.246 e. The number of halogens is 1. The molecule has 1 aromatic carbocycles. The van der Waals surface area contributed by atoms with Gasteiger partial charge in [-0.1, -0.05) is 69.6 Å². The van der Waals surface area contributed by atoms with Crippen molar-refractivity contribution in [1.82, 2.24) is 15.5 Å². The minimum absolute atomic E-state index is 0.00213. The van der Waals surface area contributed by atoms with E-state index in [1.54, 1.807) is 12.1 Å². The number of amides is 3. The molecule has 2 heterocycles. The summed E-state index contributed by atoms with van der Waals surface area (Å²) in [6, 6.07) is 0.349. The van der Waals surface area contributed by atoms with E-state index in [0.717, 1.165) is 38.5 Å². The van der Waals surface area contributed by atoms with Gasteiger partial charge in [0.2, 0.25) is 23.5 Å². The van der Waals surface area contributed by atoms with Crippen LogP contribution in [0, 0.1) is 17.3 Å². The molecule has 3 amide bonds. The zero-order valence-electron chi connectivity index (χ0n) is 30.1. The summed E-state index contributed by atoms with van der Waals surface area (Å²) in [4.78, 5) is 74.8. The summed E-state index contributed by atoms with van der Waals surface area (Å²) in [7, 11) is 3.02. The molecule has 1 aromatic rings. The van der Waals surface area contributed by atoms with Gasteiger partial charge in [-0.3, -0.25) is 24.0 Å². The number of Topliss-reactive ketones (excluding diaryl/α,β-unsaturated/α-hetero) is 2. The molecule has 3 fully saturated rings. The Morgan fingerprint density at radius 3 is 2.28 bits per heavy atom. The van der Waals surface area contributed by atoms with Crippen LogP contribution in [0.1, 0.15) is 104 Å². The van der Waals surface area contributed by atoms with Gasteiger partial charge < -0.3 is 29.8 Å². The van der Waals surface area contributed by atoms with E-state index >= 15 is 0 Å². The van der Waals surface area contributed by atoms with Crippen LogP contribution < -0.4 is 20.1 Å². The largest absolute Gasteiger partial charge is 0.496 e. The van der Waals surface area contributed by atoms with Gasteiger partial charge in [-0.15, -0.1) is 0 Å². The monoisotopic (exact) mass is 714 g/mol. The molecule has 13 heteroatoms. The van der Waals surface area contributed by atoms with Crippen LogP contribution in [0.2, 0.25) is 5.02 Å². The number of nitrogens with zero attached hydrogens (tertiary/aromatic N) is 2. The van der Waals surface area contributed by atoms with Gasteiger partial charge in [0, 0.05) is 37.8 Å². The van der Waals surface area contributed by atoms with E-state index in [0.29, 0.717) is 40.6 Å². The van der Waals surface area contributed by atoms with Crippen LogP contribution >= 0.6 is 11.6 Å². The van der Waals surface area contributed by atoms with Gasteiger partial charge in [0.15, 0.2) is 11.4 Å². The molecule has 2 N–H and O–H groups in total. The summed E-state index contributed by atoms with van der Waals surface area (Å²) in [6.45, 7) is 6.83. The second-order valence-corrected chi connectivity index (χ2v) is 16.0. The minimum Gasteiger partial charge on any atom is -0.496 e. The number of hydrogen-bond acceptors (Lipinski definition) is 9. The van der Waals surface area contributed by atoms with Gasteiger partial charge in [-0.25, -0.2) is 0 Å². The molecule has 1 spiro atoms. The standard InChI is InChI=1S/C37H51ClN4O8/c1-21(43)32(45)26(14-23-12-13-23)39-34(46)28-19-37(18-27(41-50-37)24-16-25(38)30(49-6)17-29(24)48-5)20-42(28)35(47)33(36(2,3)4)40-31(44)15-22-10-8-7-9-11-22/h16-17,22-23,26,28,33H,7-15,18-20H2,1-6H3,(H,39,46)(H,40,44)/t26-,28-,33+,37+/m0/s1. The first-order valence-electron chi connectivity index (χ1n) is 17.8. The maximum absolute atomic E-state index is 14.6. The Labute approximate surface area is 299 Å². The fourth-order valence-corrected chi connectivity index (χ4v) is 7.72. The van der Waals surface area contributed by atoms with E-state index in [4.69, 9.17) is 25.9 Å². The highest BCUT2D eigenvalue weighted by atomic mass is 35.5. The Bertz CT molecular complexity index is 1530. The first-order valence-corrected chi connectivity index (χ1v) is 18.1. The molecule has 274 valence electrons. The van der Waals surface area contributed by atoms with E-state index in [9.17, 15) is 24.0 Å². The van der Waals surface area contributed by atoms with Crippen molar-refractivity contribution in [2.24, 2.45) is 22.4 Å². The molecule has 12 nitrogen and oxygen atoms in total. The van der Waals surface area contributed by atoms with Crippen molar-refractivity contribution >= 4 is 46.6 Å². The predicted octanol–water partition coefficient (Wildman–Crippen LogP) is 4.77. The van der Waals surface area contributed by atoms with Crippen LogP contribution in [0.15, 0.2) is 17.3 Å². The fourth-order valence-electron chi connectivity index (χ4n) is 7.48. The number of benzene rings is 1. The molecule has 5 rings (SSSR count). The quantitative estimate of drug-likeness (QED) is 0.278. The molecule has 2 aliphatic carbocycles. The molecule has 2 aliphatic heterocycles. The topological polar surface area (TPSA) is 153 Å². The van der Waals surface area contributed by atoms with Crippen LogP contribution in [0.3, 0.4) is 0 Å². The van der Waals surface area contributed by atoms with Gasteiger partial charge in [-0.05, 0) is 42.6 Å². The molecule has 2 saturated carbocycles. The van der Waals surface area contributed by atoms with Crippen molar-refractivity contribution in [2.45, 2.75) is 122 Å². The van der Waals surface area contributed by atoms with Gasteiger partial charge in [0.1, 0.15) is 23.6 Å². The highest BCUT2D eigenvalue weighted by Gasteiger charge is 2.56. The number of ketones is 2. The van der Waals surface area contributed by atoms with E-state index in [1.807, 2.05) is 20.8 Å². The molecule has 0 radical (unpaired) electrons. The summed E-state index contributed by atoms with van der Waals surface area (Å²) < 4.78 is 10.9. The lowest BCUT2D eigenvalue weighted by molar-refractivity contribution is -0.145. The van der Waals surface area contributed by atoms with Crippen molar-refractivity contribution < 1.29 is 38.3 Å².